The summed E-state index contributed by atoms with van der Waals surface area (Å²) in [5.74, 6) is 0.761. The molecule has 0 saturated heterocycles. The highest BCUT2D eigenvalue weighted by molar-refractivity contribution is 7.09. The molecule has 0 amide bonds. The molecule has 0 bridgehead atoms. The van der Waals surface area contributed by atoms with E-state index in [0.29, 0.717) is 27.4 Å². The van der Waals surface area contributed by atoms with E-state index in [1.54, 1.807) is 6.07 Å². The molecule has 1 aromatic carbocycles. The first kappa shape index (κ1) is 17.1. The lowest BCUT2D eigenvalue weighted by molar-refractivity contribution is 0.363. The molecule has 1 aromatic heterocycles. The number of halogens is 4. The van der Waals surface area contributed by atoms with Gasteiger partial charge in [-0.2, -0.15) is 9.78 Å². The van der Waals surface area contributed by atoms with Crippen molar-refractivity contribution in [3.63, 3.8) is 0 Å². The highest BCUT2D eigenvalue weighted by atomic mass is 35.5. The second kappa shape index (κ2) is 7.03. The van der Waals surface area contributed by atoms with Crippen LogP contribution in [0.4, 0.5) is 0 Å². The third-order valence-corrected chi connectivity index (χ3v) is 5.07. The van der Waals surface area contributed by atoms with Crippen molar-refractivity contribution < 1.29 is 4.74 Å². The fraction of sp³-hybridized carbons (Fsp3) is 0.286. The molecule has 0 unspecified atom stereocenters. The fourth-order valence-corrected chi connectivity index (χ4v) is 3.50. The molecule has 2 aromatic rings. The maximum atomic E-state index is 12.2. The van der Waals surface area contributed by atoms with Gasteiger partial charge in [0.2, 0.25) is 0 Å². The summed E-state index contributed by atoms with van der Waals surface area (Å²) in [6.07, 6.45) is 3.62. The highest BCUT2D eigenvalue weighted by Crippen LogP contribution is 2.40. The SMILES string of the molecule is O=c1sc(C2CC2)nn1-c1cc(OCC=C(Cl)Cl)c(Cl)cc1Cl. The summed E-state index contributed by atoms with van der Waals surface area (Å²) < 4.78 is 6.88. The maximum Gasteiger partial charge on any atom is 0.329 e. The van der Waals surface area contributed by atoms with E-state index in [4.69, 9.17) is 51.1 Å². The number of rotatable bonds is 5. The van der Waals surface area contributed by atoms with E-state index < -0.39 is 0 Å². The van der Waals surface area contributed by atoms with Gasteiger partial charge in [-0.05, 0) is 25.0 Å². The smallest absolute Gasteiger partial charge is 0.329 e. The standard InChI is InChI=1S/C14H10Cl4N2O2S/c15-8-5-9(16)11(22-4-3-12(17)18)6-10(8)20-14(21)23-13(19-20)7-1-2-7/h3,5-7H,1-2,4H2. The lowest BCUT2D eigenvalue weighted by Gasteiger charge is -2.10. The van der Waals surface area contributed by atoms with Crippen LogP contribution in [-0.2, 0) is 0 Å². The summed E-state index contributed by atoms with van der Waals surface area (Å²) in [6.45, 7) is 0.141. The van der Waals surface area contributed by atoms with Gasteiger partial charge in [0.1, 0.15) is 21.9 Å². The van der Waals surface area contributed by atoms with Crippen LogP contribution in [0.1, 0.15) is 23.8 Å². The molecule has 0 atom stereocenters. The van der Waals surface area contributed by atoms with Gasteiger partial charge in [0, 0.05) is 12.0 Å². The van der Waals surface area contributed by atoms with Gasteiger partial charge in [0.25, 0.3) is 0 Å². The molecule has 1 aliphatic rings. The zero-order valence-corrected chi connectivity index (χ0v) is 15.4. The number of hydrogen-bond donors (Lipinski definition) is 0. The average molecular weight is 412 g/mol. The van der Waals surface area contributed by atoms with Crippen LogP contribution in [0.5, 0.6) is 5.75 Å². The molecule has 0 aliphatic heterocycles. The van der Waals surface area contributed by atoms with E-state index in [-0.39, 0.29) is 16.0 Å². The van der Waals surface area contributed by atoms with Gasteiger partial charge in [-0.1, -0.05) is 57.7 Å². The van der Waals surface area contributed by atoms with Crippen LogP contribution in [0.3, 0.4) is 0 Å². The lowest BCUT2D eigenvalue weighted by Crippen LogP contribution is -2.13. The van der Waals surface area contributed by atoms with Crippen LogP contribution < -0.4 is 9.61 Å². The molecule has 1 saturated carbocycles. The first-order chi connectivity index (χ1) is 11.0. The summed E-state index contributed by atoms with van der Waals surface area (Å²) in [4.78, 5) is 12.0. The molecule has 23 heavy (non-hydrogen) atoms. The Morgan fingerprint density at radius 2 is 2.09 bits per heavy atom. The van der Waals surface area contributed by atoms with Crippen LogP contribution in [0.15, 0.2) is 27.5 Å². The van der Waals surface area contributed by atoms with E-state index >= 15 is 0 Å². The molecule has 1 heterocycles. The second-order valence-electron chi connectivity index (χ2n) is 4.93. The molecule has 0 radical (unpaired) electrons. The van der Waals surface area contributed by atoms with Crippen molar-refractivity contribution in [2.45, 2.75) is 18.8 Å². The minimum Gasteiger partial charge on any atom is -0.488 e. The summed E-state index contributed by atoms with van der Waals surface area (Å²) in [7, 11) is 0. The molecule has 1 aliphatic carbocycles. The molecule has 122 valence electrons. The van der Waals surface area contributed by atoms with Gasteiger partial charge in [0.15, 0.2) is 0 Å². The van der Waals surface area contributed by atoms with E-state index in [1.165, 1.54) is 16.8 Å². The Kier molecular flexibility index (Phi) is 5.23. The quantitative estimate of drug-likeness (QED) is 0.680. The maximum absolute atomic E-state index is 12.2. The van der Waals surface area contributed by atoms with Crippen LogP contribution in [0.25, 0.3) is 5.69 Å². The molecule has 0 N–H and O–H groups in total. The molecule has 1 fully saturated rings. The lowest BCUT2D eigenvalue weighted by atomic mass is 10.3. The van der Waals surface area contributed by atoms with Crippen molar-refractivity contribution >= 4 is 57.7 Å². The summed E-state index contributed by atoms with van der Waals surface area (Å²) in [5.41, 5.74) is 0.431. The zero-order valence-electron chi connectivity index (χ0n) is 11.6. The Morgan fingerprint density at radius 3 is 2.74 bits per heavy atom. The Bertz CT molecular complexity index is 823. The molecular weight excluding hydrogens is 402 g/mol. The number of aromatic nitrogens is 2. The fourth-order valence-electron chi connectivity index (χ4n) is 1.93. The van der Waals surface area contributed by atoms with Gasteiger partial charge in [-0.3, -0.25) is 4.79 Å². The van der Waals surface area contributed by atoms with Crippen molar-refractivity contribution in [2.75, 3.05) is 6.61 Å². The Hall–Kier alpha value is -0.720. The molecule has 3 rings (SSSR count). The predicted octanol–water partition coefficient (Wildman–Crippen LogP) is 5.18. The number of nitrogens with zero attached hydrogens (tertiary/aromatic N) is 2. The van der Waals surface area contributed by atoms with Crippen LogP contribution in [0, 0.1) is 0 Å². The molecule has 4 nitrogen and oxygen atoms in total. The van der Waals surface area contributed by atoms with E-state index in [0.717, 1.165) is 29.2 Å². The third kappa shape index (κ3) is 4.03. The summed E-state index contributed by atoms with van der Waals surface area (Å²) in [5, 5.41) is 5.85. The minimum atomic E-state index is -0.189. The molecule has 0 spiro atoms. The number of benzene rings is 1. The third-order valence-electron chi connectivity index (χ3n) is 3.20. The van der Waals surface area contributed by atoms with Crippen molar-refractivity contribution in [3.05, 3.63) is 47.4 Å². The van der Waals surface area contributed by atoms with Crippen LogP contribution in [0.2, 0.25) is 10.0 Å². The highest BCUT2D eigenvalue weighted by Gasteiger charge is 2.28. The average Bonchev–Trinajstić information content (AvgIpc) is 3.25. The number of hydrogen-bond acceptors (Lipinski definition) is 4. The Balaban J connectivity index is 1.95. The largest absolute Gasteiger partial charge is 0.488 e. The van der Waals surface area contributed by atoms with Crippen molar-refractivity contribution in [1.82, 2.24) is 9.78 Å². The van der Waals surface area contributed by atoms with Crippen LogP contribution in [-0.4, -0.2) is 16.4 Å². The van der Waals surface area contributed by atoms with Gasteiger partial charge in [-0.25, -0.2) is 0 Å². The minimum absolute atomic E-state index is 0.0973. The van der Waals surface area contributed by atoms with Crippen molar-refractivity contribution in [2.24, 2.45) is 0 Å². The van der Waals surface area contributed by atoms with E-state index in [9.17, 15) is 4.79 Å². The molecular formula is C14H10Cl4N2O2S. The monoisotopic (exact) mass is 410 g/mol. The summed E-state index contributed by atoms with van der Waals surface area (Å²) in [6, 6.07) is 3.10. The number of ether oxygens (including phenoxy) is 1. The second-order valence-corrected chi connectivity index (χ2v) is 7.73. The van der Waals surface area contributed by atoms with E-state index in [1.807, 2.05) is 0 Å². The topological polar surface area (TPSA) is 44.1 Å². The normalized spacial score (nSPS) is 13.9. The van der Waals surface area contributed by atoms with E-state index in [2.05, 4.69) is 5.10 Å². The zero-order chi connectivity index (χ0) is 16.6. The first-order valence-corrected chi connectivity index (χ1v) is 9.02. The molecule has 9 heteroatoms. The van der Waals surface area contributed by atoms with Gasteiger partial charge < -0.3 is 4.74 Å². The van der Waals surface area contributed by atoms with Crippen molar-refractivity contribution in [1.29, 1.82) is 0 Å². The van der Waals surface area contributed by atoms with Gasteiger partial charge in [-0.15, -0.1) is 0 Å². The summed E-state index contributed by atoms with van der Waals surface area (Å²) >= 11 is 24.5. The van der Waals surface area contributed by atoms with Crippen molar-refractivity contribution in [3.8, 4) is 11.4 Å². The Morgan fingerprint density at radius 1 is 1.35 bits per heavy atom. The van der Waals surface area contributed by atoms with Gasteiger partial charge in [0.05, 0.1) is 15.7 Å². The van der Waals surface area contributed by atoms with Gasteiger partial charge >= 0.3 is 4.87 Å². The van der Waals surface area contributed by atoms with Crippen LogP contribution >= 0.6 is 57.7 Å². The predicted molar refractivity (Wildman–Crippen MR) is 95.0 cm³/mol. The Labute approximate surface area is 156 Å². The first-order valence-electron chi connectivity index (χ1n) is 6.69.